The third-order valence-corrected chi connectivity index (χ3v) is 3.04. The molecule has 0 fully saturated rings. The first kappa shape index (κ1) is 13.6. The molecule has 0 saturated carbocycles. The highest BCUT2D eigenvalue weighted by Gasteiger charge is 2.11. The lowest BCUT2D eigenvalue weighted by Gasteiger charge is -2.10. The van der Waals surface area contributed by atoms with Gasteiger partial charge in [-0.25, -0.2) is 0 Å². The number of nitrogens with zero attached hydrogens (tertiary/aromatic N) is 1. The molecule has 0 atom stereocenters. The number of hydrogen-bond acceptors (Lipinski definition) is 3. The number of rotatable bonds is 3. The van der Waals surface area contributed by atoms with Crippen LogP contribution in [0.5, 0.6) is 5.75 Å². The van der Waals surface area contributed by atoms with Gasteiger partial charge in [0.1, 0.15) is 5.75 Å². The number of ether oxygens (including phenoxy) is 1. The Kier molecular flexibility index (Phi) is 4.24. The number of carbonyl (C=O) groups is 1. The van der Waals surface area contributed by atoms with Gasteiger partial charge in [-0.1, -0.05) is 23.2 Å². The van der Waals surface area contributed by atoms with Crippen LogP contribution in [0.25, 0.3) is 0 Å². The Morgan fingerprint density at radius 2 is 1.89 bits per heavy atom. The fourth-order valence-corrected chi connectivity index (χ4v) is 1.92. The van der Waals surface area contributed by atoms with Crippen molar-refractivity contribution in [2.75, 3.05) is 12.4 Å². The standard InChI is InChI=1S/C13H10Cl2N2O2/c1-19-12-7-9(14)11(6-10(12)15)17-13(18)8-2-4-16-5-3-8/h2-7H,1H3,(H,17,18). The van der Waals surface area contributed by atoms with Gasteiger partial charge >= 0.3 is 0 Å². The average Bonchev–Trinajstić information content (AvgIpc) is 2.43. The van der Waals surface area contributed by atoms with E-state index in [0.29, 0.717) is 27.0 Å². The van der Waals surface area contributed by atoms with Crippen LogP contribution in [0.1, 0.15) is 10.4 Å². The van der Waals surface area contributed by atoms with Gasteiger partial charge in [-0.3, -0.25) is 9.78 Å². The van der Waals surface area contributed by atoms with E-state index in [1.165, 1.54) is 19.5 Å². The minimum Gasteiger partial charge on any atom is -0.495 e. The van der Waals surface area contributed by atoms with E-state index in [2.05, 4.69) is 10.3 Å². The molecule has 19 heavy (non-hydrogen) atoms. The number of amides is 1. The van der Waals surface area contributed by atoms with Gasteiger partial charge < -0.3 is 10.1 Å². The molecule has 1 aromatic heterocycles. The second kappa shape index (κ2) is 5.91. The Hall–Kier alpha value is -1.78. The van der Waals surface area contributed by atoms with Gasteiger partial charge in [-0.15, -0.1) is 0 Å². The molecule has 98 valence electrons. The second-order valence-corrected chi connectivity index (χ2v) is 4.47. The lowest BCUT2D eigenvalue weighted by molar-refractivity contribution is 0.102. The monoisotopic (exact) mass is 296 g/mol. The van der Waals surface area contributed by atoms with Crippen molar-refractivity contribution in [1.82, 2.24) is 4.98 Å². The van der Waals surface area contributed by atoms with E-state index in [1.807, 2.05) is 0 Å². The lowest BCUT2D eigenvalue weighted by atomic mass is 10.2. The molecule has 2 aromatic rings. The van der Waals surface area contributed by atoms with Gasteiger partial charge in [0.05, 0.1) is 22.8 Å². The molecule has 0 saturated heterocycles. The number of nitrogens with one attached hydrogen (secondary N) is 1. The number of anilines is 1. The van der Waals surface area contributed by atoms with Gasteiger partial charge in [-0.05, 0) is 18.2 Å². The molecule has 0 aliphatic carbocycles. The third-order valence-electron chi connectivity index (χ3n) is 2.43. The van der Waals surface area contributed by atoms with Crippen LogP contribution in [0.3, 0.4) is 0 Å². The Bertz CT molecular complexity index is 603. The van der Waals surface area contributed by atoms with Crippen molar-refractivity contribution in [2.24, 2.45) is 0 Å². The van der Waals surface area contributed by atoms with Crippen LogP contribution in [-0.2, 0) is 0 Å². The van der Waals surface area contributed by atoms with Crippen molar-refractivity contribution in [3.8, 4) is 5.75 Å². The largest absolute Gasteiger partial charge is 0.495 e. The first-order chi connectivity index (χ1) is 9.11. The van der Waals surface area contributed by atoms with Crippen molar-refractivity contribution in [3.05, 3.63) is 52.3 Å². The first-order valence-electron chi connectivity index (χ1n) is 5.36. The number of halogens is 2. The summed E-state index contributed by atoms with van der Waals surface area (Å²) in [6.45, 7) is 0. The average molecular weight is 297 g/mol. The number of aromatic nitrogens is 1. The van der Waals surface area contributed by atoms with Crippen molar-refractivity contribution in [3.63, 3.8) is 0 Å². The molecular weight excluding hydrogens is 287 g/mol. The molecular formula is C13H10Cl2N2O2. The topological polar surface area (TPSA) is 51.2 Å². The van der Waals surface area contributed by atoms with Crippen LogP contribution in [0.2, 0.25) is 10.0 Å². The van der Waals surface area contributed by atoms with Crippen molar-refractivity contribution < 1.29 is 9.53 Å². The predicted molar refractivity (Wildman–Crippen MR) is 75.2 cm³/mol. The highest BCUT2D eigenvalue weighted by molar-refractivity contribution is 6.36. The van der Waals surface area contributed by atoms with E-state index >= 15 is 0 Å². The normalized spacial score (nSPS) is 10.1. The fraction of sp³-hybridized carbons (Fsp3) is 0.0769. The van der Waals surface area contributed by atoms with Crippen molar-refractivity contribution in [2.45, 2.75) is 0 Å². The summed E-state index contributed by atoms with van der Waals surface area (Å²) in [4.78, 5) is 15.8. The molecule has 6 heteroatoms. The van der Waals surface area contributed by atoms with Gasteiger partial charge in [0.15, 0.2) is 0 Å². The Morgan fingerprint density at radius 3 is 2.53 bits per heavy atom. The van der Waals surface area contributed by atoms with Crippen molar-refractivity contribution in [1.29, 1.82) is 0 Å². The van der Waals surface area contributed by atoms with E-state index in [4.69, 9.17) is 27.9 Å². The van der Waals surface area contributed by atoms with Crippen LogP contribution in [0.4, 0.5) is 5.69 Å². The van der Waals surface area contributed by atoms with Crippen LogP contribution in [0.15, 0.2) is 36.7 Å². The maximum absolute atomic E-state index is 12.0. The summed E-state index contributed by atoms with van der Waals surface area (Å²) in [5.74, 6) is 0.166. The zero-order valence-electron chi connectivity index (χ0n) is 9.98. The van der Waals surface area contributed by atoms with Crippen LogP contribution in [0, 0.1) is 0 Å². The molecule has 0 spiro atoms. The summed E-state index contributed by atoms with van der Waals surface area (Å²) >= 11 is 12.0. The zero-order chi connectivity index (χ0) is 13.8. The fourth-order valence-electron chi connectivity index (χ4n) is 1.48. The highest BCUT2D eigenvalue weighted by Crippen LogP contribution is 2.34. The predicted octanol–water partition coefficient (Wildman–Crippen LogP) is 3.65. The summed E-state index contributed by atoms with van der Waals surface area (Å²) in [5, 5.41) is 3.40. The molecule has 1 amide bonds. The highest BCUT2D eigenvalue weighted by atomic mass is 35.5. The molecule has 0 unspecified atom stereocenters. The van der Waals surface area contributed by atoms with E-state index in [9.17, 15) is 4.79 Å². The number of carbonyl (C=O) groups excluding carboxylic acids is 1. The smallest absolute Gasteiger partial charge is 0.255 e. The summed E-state index contributed by atoms with van der Waals surface area (Å²) < 4.78 is 5.03. The van der Waals surface area contributed by atoms with Crippen LogP contribution >= 0.6 is 23.2 Å². The van der Waals surface area contributed by atoms with Gasteiger partial charge in [0.2, 0.25) is 0 Å². The van der Waals surface area contributed by atoms with E-state index < -0.39 is 0 Å². The minimum atomic E-state index is -0.287. The van der Waals surface area contributed by atoms with Crippen LogP contribution < -0.4 is 10.1 Å². The molecule has 0 radical (unpaired) electrons. The van der Waals surface area contributed by atoms with E-state index in [0.717, 1.165) is 0 Å². The molecule has 1 heterocycles. The third kappa shape index (κ3) is 3.16. The molecule has 4 nitrogen and oxygen atoms in total. The molecule has 2 rings (SSSR count). The molecule has 0 bridgehead atoms. The van der Waals surface area contributed by atoms with Crippen molar-refractivity contribution >= 4 is 34.8 Å². The number of pyridine rings is 1. The number of methoxy groups -OCH3 is 1. The van der Waals surface area contributed by atoms with Gasteiger partial charge in [0.25, 0.3) is 5.91 Å². The summed E-state index contributed by atoms with van der Waals surface area (Å²) in [6, 6.07) is 6.30. The maximum atomic E-state index is 12.0. The molecule has 1 N–H and O–H groups in total. The van der Waals surface area contributed by atoms with E-state index in [-0.39, 0.29) is 5.91 Å². The Morgan fingerprint density at radius 1 is 1.21 bits per heavy atom. The Balaban J connectivity index is 2.25. The number of hydrogen-bond donors (Lipinski definition) is 1. The minimum absolute atomic E-state index is 0.287. The molecule has 0 aliphatic heterocycles. The summed E-state index contributed by atoms with van der Waals surface area (Å²) in [6.07, 6.45) is 3.08. The summed E-state index contributed by atoms with van der Waals surface area (Å²) in [7, 11) is 1.49. The zero-order valence-corrected chi connectivity index (χ0v) is 11.5. The second-order valence-electron chi connectivity index (χ2n) is 3.66. The SMILES string of the molecule is COc1cc(Cl)c(NC(=O)c2ccncc2)cc1Cl. The lowest BCUT2D eigenvalue weighted by Crippen LogP contribution is -2.12. The molecule has 0 aliphatic rings. The summed E-state index contributed by atoms with van der Waals surface area (Å²) in [5.41, 5.74) is 0.910. The van der Waals surface area contributed by atoms with Gasteiger partial charge in [-0.2, -0.15) is 0 Å². The van der Waals surface area contributed by atoms with Gasteiger partial charge in [0, 0.05) is 24.0 Å². The van der Waals surface area contributed by atoms with Crippen LogP contribution in [-0.4, -0.2) is 18.0 Å². The van der Waals surface area contributed by atoms with E-state index in [1.54, 1.807) is 24.3 Å². The first-order valence-corrected chi connectivity index (χ1v) is 6.12. The Labute approximate surface area is 120 Å². The molecule has 1 aromatic carbocycles. The maximum Gasteiger partial charge on any atom is 0.255 e. The number of benzene rings is 1. The quantitative estimate of drug-likeness (QED) is 0.940.